The lowest BCUT2D eigenvalue weighted by Gasteiger charge is -2.43. The lowest BCUT2D eigenvalue weighted by molar-refractivity contribution is -0.914. The third-order valence-electron chi connectivity index (χ3n) is 3.23. The molecule has 0 bridgehead atoms. The maximum absolute atomic E-state index is 11.1. The highest BCUT2D eigenvalue weighted by molar-refractivity contribution is 5.68. The van der Waals surface area contributed by atoms with Gasteiger partial charge in [0.1, 0.15) is 11.3 Å². The molecule has 0 saturated carbocycles. The Morgan fingerprint density at radius 2 is 2.06 bits per heavy atom. The van der Waals surface area contributed by atoms with Crippen LogP contribution in [0, 0.1) is 0 Å². The Morgan fingerprint density at radius 3 is 2.53 bits per heavy atom. The molecule has 0 aromatic carbocycles. The van der Waals surface area contributed by atoms with Gasteiger partial charge in [-0.25, -0.2) is 4.79 Å². The van der Waals surface area contributed by atoms with Gasteiger partial charge in [-0.2, -0.15) is 0 Å². The largest absolute Gasteiger partial charge is 1.00 e. The van der Waals surface area contributed by atoms with E-state index in [2.05, 4.69) is 39.5 Å². The van der Waals surface area contributed by atoms with E-state index in [4.69, 9.17) is 4.74 Å². The predicted molar refractivity (Wildman–Crippen MR) is 63.8 cm³/mol. The zero-order chi connectivity index (χ0) is 12.4. The summed E-state index contributed by atoms with van der Waals surface area (Å²) in [6.45, 7) is 2.16. The van der Waals surface area contributed by atoms with E-state index >= 15 is 0 Å². The van der Waals surface area contributed by atoms with Gasteiger partial charge in [0.2, 0.25) is 0 Å². The van der Waals surface area contributed by atoms with Crippen LogP contribution >= 0.6 is 0 Å². The molecule has 1 aliphatic carbocycles. The van der Waals surface area contributed by atoms with Gasteiger partial charge in [-0.05, 0) is 19.1 Å². The zero-order valence-electron chi connectivity index (χ0n) is 11.1. The molecule has 0 fully saturated rings. The number of amides is 1. The van der Waals surface area contributed by atoms with Crippen LogP contribution in [0.5, 0.6) is 0 Å². The van der Waals surface area contributed by atoms with Crippen molar-refractivity contribution in [3.63, 3.8) is 0 Å². The molecule has 0 radical (unpaired) electrons. The molecule has 1 N–H and O–H groups in total. The monoisotopic (exact) mass is 352 g/mol. The van der Waals surface area contributed by atoms with E-state index < -0.39 is 6.09 Å². The van der Waals surface area contributed by atoms with Crippen LogP contribution in [0.15, 0.2) is 24.0 Å². The number of nitrogens with one attached hydrogen (secondary N) is 1. The van der Waals surface area contributed by atoms with Gasteiger partial charge in [0.15, 0.2) is 0 Å². The first-order valence-electron chi connectivity index (χ1n) is 5.38. The van der Waals surface area contributed by atoms with Crippen molar-refractivity contribution in [2.24, 2.45) is 0 Å². The summed E-state index contributed by atoms with van der Waals surface area (Å²) in [5.74, 6) is 0.706. The molecule has 0 heterocycles. The number of rotatable bonds is 2. The van der Waals surface area contributed by atoms with Crippen LogP contribution in [0.2, 0.25) is 0 Å². The molecule has 0 aliphatic heterocycles. The Labute approximate surface area is 120 Å². The Balaban J connectivity index is 0.00000256. The summed E-state index contributed by atoms with van der Waals surface area (Å²) in [5.41, 5.74) is -0.0435. The number of allylic oxidation sites excluding steroid dienone is 2. The van der Waals surface area contributed by atoms with Gasteiger partial charge in [0, 0.05) is 7.05 Å². The van der Waals surface area contributed by atoms with E-state index in [-0.39, 0.29) is 29.5 Å². The fourth-order valence-electron chi connectivity index (χ4n) is 1.53. The van der Waals surface area contributed by atoms with Gasteiger partial charge >= 0.3 is 6.09 Å². The molecule has 1 unspecified atom stereocenters. The maximum Gasteiger partial charge on any atom is 0.412 e. The van der Waals surface area contributed by atoms with E-state index in [1.807, 2.05) is 12.2 Å². The van der Waals surface area contributed by atoms with Gasteiger partial charge in [0.25, 0.3) is 0 Å². The molecule has 1 atom stereocenters. The second kappa shape index (κ2) is 5.86. The molecule has 1 aliphatic rings. The molecule has 0 spiro atoms. The van der Waals surface area contributed by atoms with Crippen LogP contribution in [-0.2, 0) is 4.74 Å². The fraction of sp³-hybridized carbons (Fsp3) is 0.583. The average Bonchev–Trinajstić information content (AvgIpc) is 2.16. The van der Waals surface area contributed by atoms with Crippen molar-refractivity contribution >= 4 is 6.09 Å². The van der Waals surface area contributed by atoms with E-state index in [1.165, 1.54) is 0 Å². The van der Waals surface area contributed by atoms with Crippen molar-refractivity contribution in [3.05, 3.63) is 24.0 Å². The third-order valence-corrected chi connectivity index (χ3v) is 3.23. The molecule has 0 aromatic heterocycles. The van der Waals surface area contributed by atoms with Crippen molar-refractivity contribution in [3.8, 4) is 0 Å². The van der Waals surface area contributed by atoms with Gasteiger partial charge in [-0.3, -0.25) is 0 Å². The van der Waals surface area contributed by atoms with Crippen molar-refractivity contribution in [2.75, 3.05) is 28.2 Å². The van der Waals surface area contributed by atoms with Crippen LogP contribution in [0.1, 0.15) is 13.3 Å². The second-order valence-corrected chi connectivity index (χ2v) is 5.18. The minimum Gasteiger partial charge on any atom is -1.00 e. The van der Waals surface area contributed by atoms with Crippen molar-refractivity contribution < 1.29 is 38.0 Å². The Kier molecular flexibility index (Phi) is 5.67. The Morgan fingerprint density at radius 1 is 1.47 bits per heavy atom. The van der Waals surface area contributed by atoms with Gasteiger partial charge in [-0.1, -0.05) is 6.08 Å². The molecule has 17 heavy (non-hydrogen) atoms. The smallest absolute Gasteiger partial charge is 0.412 e. The quantitative estimate of drug-likeness (QED) is 0.493. The molecule has 98 valence electrons. The minimum atomic E-state index is -0.412. The van der Waals surface area contributed by atoms with E-state index in [0.29, 0.717) is 5.76 Å². The molecular formula is C12H21IN2O2. The Bertz CT molecular complexity index is 345. The number of alkyl carbamates (subject to hydrolysis) is 1. The number of nitrogens with zero attached hydrogens (tertiary/aromatic N) is 1. The van der Waals surface area contributed by atoms with Crippen molar-refractivity contribution in [1.29, 1.82) is 0 Å². The lowest BCUT2D eigenvalue weighted by atomic mass is 9.89. The maximum atomic E-state index is 11.1. The molecular weight excluding hydrogens is 331 g/mol. The molecule has 0 aromatic rings. The predicted octanol–water partition coefficient (Wildman–Crippen LogP) is -1.34. The number of halogens is 1. The Hall–Kier alpha value is -0.560. The van der Waals surface area contributed by atoms with Crippen LogP contribution in [-0.4, -0.2) is 44.3 Å². The van der Waals surface area contributed by atoms with Gasteiger partial charge in [0.05, 0.1) is 27.6 Å². The zero-order valence-corrected chi connectivity index (χ0v) is 13.2. The molecule has 5 heteroatoms. The van der Waals surface area contributed by atoms with Crippen LogP contribution in [0.4, 0.5) is 4.79 Å². The fourth-order valence-corrected chi connectivity index (χ4v) is 1.53. The summed E-state index contributed by atoms with van der Waals surface area (Å²) in [7, 11) is 7.95. The number of carbonyl (C=O) groups is 1. The van der Waals surface area contributed by atoms with Crippen LogP contribution in [0.3, 0.4) is 0 Å². The third kappa shape index (κ3) is 3.99. The highest BCUT2D eigenvalue weighted by Gasteiger charge is 2.38. The first-order valence-corrected chi connectivity index (χ1v) is 5.38. The average molecular weight is 352 g/mol. The highest BCUT2D eigenvalue weighted by Crippen LogP contribution is 2.31. The highest BCUT2D eigenvalue weighted by atomic mass is 127. The van der Waals surface area contributed by atoms with E-state index in [9.17, 15) is 4.79 Å². The van der Waals surface area contributed by atoms with Crippen LogP contribution < -0.4 is 29.3 Å². The minimum absolute atomic E-state index is 0. The summed E-state index contributed by atoms with van der Waals surface area (Å²) in [5, 5.41) is 2.45. The number of likely N-dealkylation sites (N-methyl/N-ethyl adjacent to an activating group) is 1. The number of hydrogen-bond donors (Lipinski definition) is 1. The van der Waals surface area contributed by atoms with E-state index in [1.54, 1.807) is 7.05 Å². The summed E-state index contributed by atoms with van der Waals surface area (Å²) >= 11 is 0. The lowest BCUT2D eigenvalue weighted by Crippen LogP contribution is -3.00. The number of hydrogen-bond acceptors (Lipinski definition) is 2. The number of ether oxygens (including phenoxy) is 1. The van der Waals surface area contributed by atoms with Gasteiger partial charge < -0.3 is 38.5 Å². The summed E-state index contributed by atoms with van der Waals surface area (Å²) in [6.07, 6.45) is 6.26. The van der Waals surface area contributed by atoms with Crippen molar-refractivity contribution in [2.45, 2.75) is 18.9 Å². The SMILES string of the molecule is CNC(=O)OC1=CC=CC(C)([N+](C)(C)C)C1.[I-]. The number of carbonyl (C=O) groups excluding carboxylic acids is 1. The first kappa shape index (κ1) is 16.4. The molecule has 1 rings (SSSR count). The van der Waals surface area contributed by atoms with Crippen LogP contribution in [0.25, 0.3) is 0 Å². The molecule has 1 amide bonds. The summed E-state index contributed by atoms with van der Waals surface area (Å²) < 4.78 is 5.97. The van der Waals surface area contributed by atoms with Gasteiger partial charge in [-0.15, -0.1) is 0 Å². The van der Waals surface area contributed by atoms with Crippen molar-refractivity contribution in [1.82, 2.24) is 5.32 Å². The standard InChI is InChI=1S/C12H20N2O2.HI/c1-12(14(3,4)5)8-6-7-10(9-12)16-11(15)13-2;/h6-8H,9H2,1-5H3;1H. The molecule has 0 saturated heterocycles. The number of quaternary nitrogens is 1. The normalized spacial score (nSPS) is 23.5. The van der Waals surface area contributed by atoms with E-state index in [0.717, 1.165) is 10.9 Å². The molecule has 4 nitrogen and oxygen atoms in total. The topological polar surface area (TPSA) is 38.3 Å². The summed E-state index contributed by atoms with van der Waals surface area (Å²) in [4.78, 5) is 11.1. The first-order chi connectivity index (χ1) is 7.28. The summed E-state index contributed by atoms with van der Waals surface area (Å²) in [6, 6.07) is 0. The second-order valence-electron chi connectivity index (χ2n) is 5.18.